The molecule has 0 aromatic heterocycles. The molecule has 1 aliphatic rings. The molecule has 0 saturated carbocycles. The number of nitrogens with one attached hydrogen (secondary N) is 1. The third-order valence-corrected chi connectivity index (χ3v) is 3.26. The van der Waals surface area contributed by atoms with Crippen LogP contribution in [0.2, 0.25) is 0 Å². The Morgan fingerprint density at radius 3 is 2.80 bits per heavy atom. The molecule has 1 aromatic rings. The molecule has 0 unspecified atom stereocenters. The second-order valence-electron chi connectivity index (χ2n) is 4.71. The van der Waals surface area contributed by atoms with Crippen LogP contribution in [0.25, 0.3) is 0 Å². The van der Waals surface area contributed by atoms with E-state index in [0.717, 1.165) is 32.8 Å². The van der Waals surface area contributed by atoms with Crippen molar-refractivity contribution in [3.63, 3.8) is 0 Å². The molecule has 0 spiro atoms. The standard InChI is InChI=1S/C13H19BN2O4/c17-13(11-2-1-3-12(10-11)14(18)19)15-4-5-16-6-8-20-9-7-16/h1-3,10,18-19H,4-9H2,(H,15,17). The Balaban J connectivity index is 1.80. The Hall–Kier alpha value is -1.41. The van der Waals surface area contributed by atoms with Crippen LogP contribution in [0.1, 0.15) is 10.4 Å². The van der Waals surface area contributed by atoms with Crippen LogP contribution in [0.4, 0.5) is 0 Å². The molecule has 1 amide bonds. The van der Waals surface area contributed by atoms with E-state index in [2.05, 4.69) is 10.2 Å². The summed E-state index contributed by atoms with van der Waals surface area (Å²) in [5, 5.41) is 21.0. The lowest BCUT2D eigenvalue weighted by Crippen LogP contribution is -2.41. The van der Waals surface area contributed by atoms with E-state index in [-0.39, 0.29) is 5.91 Å². The molecule has 3 N–H and O–H groups in total. The van der Waals surface area contributed by atoms with E-state index < -0.39 is 7.12 Å². The van der Waals surface area contributed by atoms with Gasteiger partial charge in [-0.3, -0.25) is 9.69 Å². The van der Waals surface area contributed by atoms with Crippen LogP contribution in [0, 0.1) is 0 Å². The van der Waals surface area contributed by atoms with Crippen molar-refractivity contribution >= 4 is 18.5 Å². The van der Waals surface area contributed by atoms with Crippen molar-refractivity contribution in [1.29, 1.82) is 0 Å². The SMILES string of the molecule is O=C(NCCN1CCOCC1)c1cccc(B(O)O)c1. The minimum atomic E-state index is -1.56. The number of hydrogen-bond donors (Lipinski definition) is 3. The lowest BCUT2D eigenvalue weighted by atomic mass is 9.79. The Kier molecular flexibility index (Phi) is 5.54. The first-order valence-corrected chi connectivity index (χ1v) is 6.71. The molecule has 0 bridgehead atoms. The second-order valence-corrected chi connectivity index (χ2v) is 4.71. The molecule has 20 heavy (non-hydrogen) atoms. The van der Waals surface area contributed by atoms with Gasteiger partial charge in [0.1, 0.15) is 0 Å². The molecule has 1 aromatic carbocycles. The minimum Gasteiger partial charge on any atom is -0.423 e. The van der Waals surface area contributed by atoms with Crippen LogP contribution in [0.15, 0.2) is 24.3 Å². The van der Waals surface area contributed by atoms with Crippen LogP contribution >= 0.6 is 0 Å². The number of benzene rings is 1. The van der Waals surface area contributed by atoms with E-state index in [4.69, 9.17) is 14.8 Å². The summed E-state index contributed by atoms with van der Waals surface area (Å²) in [5.41, 5.74) is 0.739. The van der Waals surface area contributed by atoms with Crippen LogP contribution in [-0.4, -0.2) is 67.4 Å². The van der Waals surface area contributed by atoms with Gasteiger partial charge in [0.2, 0.25) is 0 Å². The second kappa shape index (κ2) is 7.40. The van der Waals surface area contributed by atoms with Crippen molar-refractivity contribution < 1.29 is 19.6 Å². The molecule has 0 radical (unpaired) electrons. The first-order valence-electron chi connectivity index (χ1n) is 6.71. The summed E-state index contributed by atoms with van der Waals surface area (Å²) >= 11 is 0. The zero-order valence-electron chi connectivity index (χ0n) is 11.3. The molecule has 108 valence electrons. The molecular formula is C13H19BN2O4. The number of morpholine rings is 1. The fraction of sp³-hybridized carbons (Fsp3) is 0.462. The van der Waals surface area contributed by atoms with Crippen molar-refractivity contribution in [2.45, 2.75) is 0 Å². The maximum atomic E-state index is 11.9. The molecule has 2 rings (SSSR count). The first kappa shape index (κ1) is 15.0. The van der Waals surface area contributed by atoms with Gasteiger partial charge in [-0.1, -0.05) is 12.1 Å². The van der Waals surface area contributed by atoms with Crippen LogP contribution in [-0.2, 0) is 4.74 Å². The molecular weight excluding hydrogens is 259 g/mol. The number of carbonyl (C=O) groups excluding carboxylic acids is 1. The highest BCUT2D eigenvalue weighted by Crippen LogP contribution is 1.98. The summed E-state index contributed by atoms with van der Waals surface area (Å²) in [6, 6.07) is 6.32. The minimum absolute atomic E-state index is 0.208. The fourth-order valence-electron chi connectivity index (χ4n) is 2.09. The molecule has 1 heterocycles. The zero-order valence-corrected chi connectivity index (χ0v) is 11.3. The Morgan fingerprint density at radius 2 is 2.10 bits per heavy atom. The number of hydrogen-bond acceptors (Lipinski definition) is 5. The lowest BCUT2D eigenvalue weighted by molar-refractivity contribution is 0.0383. The largest absolute Gasteiger partial charge is 0.488 e. The van der Waals surface area contributed by atoms with Crippen LogP contribution < -0.4 is 10.8 Å². The van der Waals surface area contributed by atoms with Gasteiger partial charge in [0.25, 0.3) is 5.91 Å². The normalized spacial score (nSPS) is 15.9. The van der Waals surface area contributed by atoms with Gasteiger partial charge >= 0.3 is 7.12 Å². The van der Waals surface area contributed by atoms with E-state index in [0.29, 0.717) is 17.6 Å². The Morgan fingerprint density at radius 1 is 1.35 bits per heavy atom. The van der Waals surface area contributed by atoms with E-state index >= 15 is 0 Å². The van der Waals surface area contributed by atoms with Gasteiger partial charge in [-0.15, -0.1) is 0 Å². The van der Waals surface area contributed by atoms with Gasteiger partial charge < -0.3 is 20.1 Å². The molecule has 1 fully saturated rings. The number of ether oxygens (including phenoxy) is 1. The summed E-state index contributed by atoms with van der Waals surface area (Å²) < 4.78 is 5.26. The van der Waals surface area contributed by atoms with E-state index in [9.17, 15) is 4.79 Å². The van der Waals surface area contributed by atoms with Gasteiger partial charge in [0.15, 0.2) is 0 Å². The summed E-state index contributed by atoms with van der Waals surface area (Å²) in [6.45, 7) is 4.61. The maximum absolute atomic E-state index is 11.9. The Bertz CT molecular complexity index is 450. The van der Waals surface area contributed by atoms with Gasteiger partial charge in [-0.05, 0) is 17.6 Å². The lowest BCUT2D eigenvalue weighted by Gasteiger charge is -2.26. The van der Waals surface area contributed by atoms with Crippen LogP contribution in [0.5, 0.6) is 0 Å². The van der Waals surface area contributed by atoms with Crippen molar-refractivity contribution in [2.75, 3.05) is 39.4 Å². The highest BCUT2D eigenvalue weighted by Gasteiger charge is 2.14. The number of nitrogens with zero attached hydrogens (tertiary/aromatic N) is 1. The third-order valence-electron chi connectivity index (χ3n) is 3.26. The predicted octanol–water partition coefficient (Wildman–Crippen LogP) is -1.57. The summed E-state index contributed by atoms with van der Waals surface area (Å²) in [4.78, 5) is 14.2. The average Bonchev–Trinajstić information content (AvgIpc) is 2.48. The maximum Gasteiger partial charge on any atom is 0.488 e. The van der Waals surface area contributed by atoms with Gasteiger partial charge in [0.05, 0.1) is 13.2 Å². The zero-order chi connectivity index (χ0) is 14.4. The van der Waals surface area contributed by atoms with Crippen molar-refractivity contribution in [2.24, 2.45) is 0 Å². The monoisotopic (exact) mass is 278 g/mol. The Labute approximate surface area is 118 Å². The van der Waals surface area contributed by atoms with E-state index in [1.807, 2.05) is 0 Å². The fourth-order valence-corrected chi connectivity index (χ4v) is 2.09. The molecule has 1 saturated heterocycles. The quantitative estimate of drug-likeness (QED) is 0.567. The van der Waals surface area contributed by atoms with Crippen LogP contribution in [0.3, 0.4) is 0 Å². The van der Waals surface area contributed by atoms with Gasteiger partial charge in [-0.25, -0.2) is 0 Å². The summed E-state index contributed by atoms with van der Waals surface area (Å²) in [5.74, 6) is -0.208. The topological polar surface area (TPSA) is 82.0 Å². The first-order chi connectivity index (χ1) is 9.66. The molecule has 0 atom stereocenters. The predicted molar refractivity (Wildman–Crippen MR) is 75.9 cm³/mol. The van der Waals surface area contributed by atoms with Crippen molar-refractivity contribution in [1.82, 2.24) is 10.2 Å². The molecule has 6 nitrogen and oxygen atoms in total. The van der Waals surface area contributed by atoms with E-state index in [1.54, 1.807) is 18.2 Å². The number of carbonyl (C=O) groups is 1. The smallest absolute Gasteiger partial charge is 0.423 e. The highest BCUT2D eigenvalue weighted by atomic mass is 16.5. The number of amides is 1. The third kappa shape index (κ3) is 4.31. The van der Waals surface area contributed by atoms with E-state index in [1.165, 1.54) is 6.07 Å². The average molecular weight is 278 g/mol. The molecule has 1 aliphatic heterocycles. The van der Waals surface area contributed by atoms with Crippen molar-refractivity contribution in [3.8, 4) is 0 Å². The summed E-state index contributed by atoms with van der Waals surface area (Å²) in [7, 11) is -1.56. The van der Waals surface area contributed by atoms with Gasteiger partial charge in [0, 0.05) is 31.7 Å². The van der Waals surface area contributed by atoms with Crippen molar-refractivity contribution in [3.05, 3.63) is 29.8 Å². The van der Waals surface area contributed by atoms with Gasteiger partial charge in [-0.2, -0.15) is 0 Å². The molecule has 7 heteroatoms. The highest BCUT2D eigenvalue weighted by molar-refractivity contribution is 6.58. The number of rotatable bonds is 5. The molecule has 0 aliphatic carbocycles. The summed E-state index contributed by atoms with van der Waals surface area (Å²) in [6.07, 6.45) is 0.